The van der Waals surface area contributed by atoms with Gasteiger partial charge in [-0.15, -0.1) is 0 Å². The Morgan fingerprint density at radius 3 is 2.39 bits per heavy atom. The van der Waals surface area contributed by atoms with Gasteiger partial charge in [-0.2, -0.15) is 0 Å². The van der Waals surface area contributed by atoms with Crippen LogP contribution in [0.25, 0.3) is 0 Å². The van der Waals surface area contributed by atoms with Crippen molar-refractivity contribution in [3.05, 3.63) is 0 Å². The molecule has 2 unspecified atom stereocenters. The third-order valence-electron chi connectivity index (χ3n) is 5.27. The molecule has 2 aliphatic rings. The Morgan fingerprint density at radius 2 is 1.78 bits per heavy atom. The molecule has 1 heterocycles. The van der Waals surface area contributed by atoms with Crippen molar-refractivity contribution in [3.63, 3.8) is 0 Å². The second kappa shape index (κ2) is 5.60. The van der Waals surface area contributed by atoms with Gasteiger partial charge in [-0.3, -0.25) is 4.79 Å². The zero-order chi connectivity index (χ0) is 13.2. The summed E-state index contributed by atoms with van der Waals surface area (Å²) in [7, 11) is 0. The molecule has 2 fully saturated rings. The smallest absolute Gasteiger partial charge is 0.242 e. The standard InChI is InChI=1S/C15H28N2O/c1-3-15(16,4-2)14(18)17-10-9-12-7-5-6-8-13(12)11-17/h12-13H,3-11,16H2,1-2H3. The summed E-state index contributed by atoms with van der Waals surface area (Å²) in [6.07, 6.45) is 8.10. The summed E-state index contributed by atoms with van der Waals surface area (Å²) < 4.78 is 0. The van der Waals surface area contributed by atoms with Crippen LogP contribution in [0, 0.1) is 11.8 Å². The maximum atomic E-state index is 12.6. The minimum absolute atomic E-state index is 0.191. The molecule has 0 spiro atoms. The topological polar surface area (TPSA) is 46.3 Å². The van der Waals surface area contributed by atoms with Crippen molar-refractivity contribution in [2.75, 3.05) is 13.1 Å². The fourth-order valence-corrected chi connectivity index (χ4v) is 3.65. The Bertz CT molecular complexity index is 299. The van der Waals surface area contributed by atoms with Crippen LogP contribution in [0.3, 0.4) is 0 Å². The molecule has 2 atom stereocenters. The van der Waals surface area contributed by atoms with Crippen LogP contribution in [0.15, 0.2) is 0 Å². The van der Waals surface area contributed by atoms with Gasteiger partial charge in [0.2, 0.25) is 5.91 Å². The highest BCUT2D eigenvalue weighted by Gasteiger charge is 2.39. The van der Waals surface area contributed by atoms with Gasteiger partial charge in [-0.05, 0) is 37.5 Å². The van der Waals surface area contributed by atoms with Gasteiger partial charge in [0.25, 0.3) is 0 Å². The van der Waals surface area contributed by atoms with E-state index in [2.05, 4.69) is 4.90 Å². The number of carbonyl (C=O) groups is 1. The van der Waals surface area contributed by atoms with E-state index in [1.54, 1.807) is 0 Å². The highest BCUT2D eigenvalue weighted by Crippen LogP contribution is 2.36. The first-order valence-corrected chi connectivity index (χ1v) is 7.69. The van der Waals surface area contributed by atoms with E-state index in [1.807, 2.05) is 13.8 Å². The summed E-state index contributed by atoms with van der Waals surface area (Å²) in [5, 5.41) is 0. The maximum absolute atomic E-state index is 12.6. The molecule has 18 heavy (non-hydrogen) atoms. The molecule has 1 aliphatic carbocycles. The highest BCUT2D eigenvalue weighted by molar-refractivity contribution is 5.86. The predicted octanol–water partition coefficient (Wildman–Crippen LogP) is 2.54. The lowest BCUT2D eigenvalue weighted by Gasteiger charge is -2.43. The van der Waals surface area contributed by atoms with Crippen LogP contribution in [-0.4, -0.2) is 29.4 Å². The van der Waals surface area contributed by atoms with E-state index in [0.29, 0.717) is 0 Å². The summed E-state index contributed by atoms with van der Waals surface area (Å²) in [4.78, 5) is 14.6. The van der Waals surface area contributed by atoms with Crippen LogP contribution in [0.2, 0.25) is 0 Å². The number of hydrogen-bond acceptors (Lipinski definition) is 2. The number of carbonyl (C=O) groups excluding carboxylic acids is 1. The van der Waals surface area contributed by atoms with Crippen molar-refractivity contribution in [3.8, 4) is 0 Å². The third-order valence-corrected chi connectivity index (χ3v) is 5.27. The molecular formula is C15H28N2O. The van der Waals surface area contributed by atoms with Crippen molar-refractivity contribution in [1.82, 2.24) is 4.90 Å². The number of rotatable bonds is 3. The predicted molar refractivity (Wildman–Crippen MR) is 74.1 cm³/mol. The second-order valence-electron chi connectivity index (χ2n) is 6.21. The highest BCUT2D eigenvalue weighted by atomic mass is 16.2. The monoisotopic (exact) mass is 252 g/mol. The van der Waals surface area contributed by atoms with Crippen LogP contribution >= 0.6 is 0 Å². The molecule has 1 saturated carbocycles. The quantitative estimate of drug-likeness (QED) is 0.839. The Morgan fingerprint density at radius 1 is 1.17 bits per heavy atom. The fraction of sp³-hybridized carbons (Fsp3) is 0.933. The Labute approximate surface area is 111 Å². The minimum atomic E-state index is -0.624. The van der Waals surface area contributed by atoms with E-state index in [9.17, 15) is 4.79 Å². The van der Waals surface area contributed by atoms with Gasteiger partial charge in [0.15, 0.2) is 0 Å². The lowest BCUT2D eigenvalue weighted by Crippen LogP contribution is -2.57. The molecular weight excluding hydrogens is 224 g/mol. The number of fused-ring (bicyclic) bond motifs is 1. The number of amides is 1. The molecule has 2 rings (SSSR count). The molecule has 104 valence electrons. The normalized spacial score (nSPS) is 28.9. The molecule has 0 aromatic heterocycles. The van der Waals surface area contributed by atoms with Crippen molar-refractivity contribution >= 4 is 5.91 Å². The molecule has 0 radical (unpaired) electrons. The van der Waals surface area contributed by atoms with Gasteiger partial charge in [-0.25, -0.2) is 0 Å². The van der Waals surface area contributed by atoms with E-state index in [-0.39, 0.29) is 5.91 Å². The number of hydrogen-bond donors (Lipinski definition) is 1. The summed E-state index contributed by atoms with van der Waals surface area (Å²) in [5.74, 6) is 1.81. The molecule has 1 amide bonds. The second-order valence-corrected chi connectivity index (χ2v) is 6.21. The molecule has 2 N–H and O–H groups in total. The van der Waals surface area contributed by atoms with E-state index >= 15 is 0 Å². The molecule has 3 heteroatoms. The van der Waals surface area contributed by atoms with Gasteiger partial charge in [0, 0.05) is 13.1 Å². The molecule has 0 aromatic rings. The number of nitrogens with two attached hydrogens (primary N) is 1. The summed E-state index contributed by atoms with van der Waals surface area (Å²) in [5.41, 5.74) is 5.62. The number of likely N-dealkylation sites (tertiary alicyclic amines) is 1. The van der Waals surface area contributed by atoms with E-state index in [1.165, 1.54) is 32.1 Å². The average Bonchev–Trinajstić information content (AvgIpc) is 2.45. The Hall–Kier alpha value is -0.570. The zero-order valence-corrected chi connectivity index (χ0v) is 12.0. The molecule has 1 saturated heterocycles. The van der Waals surface area contributed by atoms with Gasteiger partial charge in [0.05, 0.1) is 5.54 Å². The fourth-order valence-electron chi connectivity index (χ4n) is 3.65. The van der Waals surface area contributed by atoms with Gasteiger partial charge in [-0.1, -0.05) is 33.1 Å². The summed E-state index contributed by atoms with van der Waals surface area (Å²) in [6.45, 7) is 5.94. The Balaban J connectivity index is 2.00. The minimum Gasteiger partial charge on any atom is -0.341 e. The van der Waals surface area contributed by atoms with Gasteiger partial charge in [0.1, 0.15) is 0 Å². The molecule has 0 aromatic carbocycles. The van der Waals surface area contributed by atoms with E-state index < -0.39 is 5.54 Å². The SMILES string of the molecule is CCC(N)(CC)C(=O)N1CCC2CCCCC2C1. The lowest BCUT2D eigenvalue weighted by molar-refractivity contribution is -0.140. The van der Waals surface area contributed by atoms with Crippen molar-refractivity contribution in [2.45, 2.75) is 64.3 Å². The van der Waals surface area contributed by atoms with Crippen LogP contribution in [0.1, 0.15) is 58.8 Å². The van der Waals surface area contributed by atoms with E-state index in [4.69, 9.17) is 5.73 Å². The van der Waals surface area contributed by atoms with Crippen LogP contribution < -0.4 is 5.73 Å². The number of nitrogens with zero attached hydrogens (tertiary/aromatic N) is 1. The summed E-state index contributed by atoms with van der Waals surface area (Å²) >= 11 is 0. The van der Waals surface area contributed by atoms with Crippen molar-refractivity contribution in [2.24, 2.45) is 17.6 Å². The average molecular weight is 252 g/mol. The number of piperidine rings is 1. The first kappa shape index (κ1) is 13.9. The zero-order valence-electron chi connectivity index (χ0n) is 12.0. The molecule has 1 aliphatic heterocycles. The van der Waals surface area contributed by atoms with Crippen LogP contribution in [0.5, 0.6) is 0 Å². The van der Waals surface area contributed by atoms with Crippen molar-refractivity contribution < 1.29 is 4.79 Å². The first-order chi connectivity index (χ1) is 8.60. The van der Waals surface area contributed by atoms with Crippen LogP contribution in [0.4, 0.5) is 0 Å². The van der Waals surface area contributed by atoms with Crippen LogP contribution in [-0.2, 0) is 4.79 Å². The molecule has 0 bridgehead atoms. The van der Waals surface area contributed by atoms with Gasteiger partial charge >= 0.3 is 0 Å². The van der Waals surface area contributed by atoms with Gasteiger partial charge < -0.3 is 10.6 Å². The van der Waals surface area contributed by atoms with E-state index in [0.717, 1.165) is 37.8 Å². The first-order valence-electron chi connectivity index (χ1n) is 7.69. The third kappa shape index (κ3) is 2.56. The Kier molecular flexibility index (Phi) is 4.31. The van der Waals surface area contributed by atoms with Crippen molar-refractivity contribution in [1.29, 1.82) is 0 Å². The lowest BCUT2D eigenvalue weighted by atomic mass is 9.74. The molecule has 3 nitrogen and oxygen atoms in total. The maximum Gasteiger partial charge on any atom is 0.242 e. The largest absolute Gasteiger partial charge is 0.341 e. The summed E-state index contributed by atoms with van der Waals surface area (Å²) in [6, 6.07) is 0.